The number of carbonyl (C=O) groups is 1. The molecule has 0 spiro atoms. The molecule has 0 atom stereocenters. The number of rotatable bonds is 4. The monoisotopic (exact) mass is 236 g/mol. The minimum Gasteiger partial charge on any atom is -0.298 e. The molecular weight excluding hydrogens is 229 g/mol. The fourth-order valence-corrected chi connectivity index (χ4v) is 0.948. The summed E-state index contributed by atoms with van der Waals surface area (Å²) in [5, 5.41) is -1.47. The SMILES string of the molecule is C=C/C=C(C=C)/C(C=O)=C(/Cl)C(F)(F)F. The Morgan fingerprint density at radius 1 is 1.27 bits per heavy atom. The van der Waals surface area contributed by atoms with E-state index in [1.165, 1.54) is 12.2 Å². The average Bonchev–Trinajstić information content (AvgIpc) is 2.15. The lowest BCUT2D eigenvalue weighted by molar-refractivity contribution is -0.106. The van der Waals surface area contributed by atoms with Gasteiger partial charge in [-0.3, -0.25) is 4.79 Å². The molecule has 0 saturated heterocycles. The van der Waals surface area contributed by atoms with Gasteiger partial charge in [0.2, 0.25) is 0 Å². The number of aldehydes is 1. The van der Waals surface area contributed by atoms with Crippen molar-refractivity contribution in [3.63, 3.8) is 0 Å². The molecule has 0 aliphatic carbocycles. The van der Waals surface area contributed by atoms with E-state index in [9.17, 15) is 18.0 Å². The zero-order valence-corrected chi connectivity index (χ0v) is 8.40. The first-order valence-electron chi connectivity index (χ1n) is 3.76. The summed E-state index contributed by atoms with van der Waals surface area (Å²) >= 11 is 5.03. The van der Waals surface area contributed by atoms with Gasteiger partial charge >= 0.3 is 6.18 Å². The van der Waals surface area contributed by atoms with Crippen LogP contribution in [-0.2, 0) is 4.79 Å². The number of alkyl halides is 3. The van der Waals surface area contributed by atoms with Crippen LogP contribution < -0.4 is 0 Å². The smallest absolute Gasteiger partial charge is 0.298 e. The molecule has 0 saturated carbocycles. The summed E-state index contributed by atoms with van der Waals surface area (Å²) in [6.07, 6.45) is -1.17. The third kappa shape index (κ3) is 3.75. The molecule has 0 aromatic carbocycles. The molecule has 0 aliphatic rings. The van der Waals surface area contributed by atoms with Gasteiger partial charge in [-0.05, 0) is 5.57 Å². The second kappa shape index (κ2) is 5.56. The van der Waals surface area contributed by atoms with E-state index in [4.69, 9.17) is 11.6 Å². The van der Waals surface area contributed by atoms with Gasteiger partial charge in [-0.1, -0.05) is 43.0 Å². The van der Waals surface area contributed by atoms with Crippen LogP contribution in [0.1, 0.15) is 0 Å². The molecule has 5 heteroatoms. The predicted molar refractivity (Wildman–Crippen MR) is 53.5 cm³/mol. The molecular formula is C10H8ClF3O. The lowest BCUT2D eigenvalue weighted by Crippen LogP contribution is -2.11. The van der Waals surface area contributed by atoms with Crippen molar-refractivity contribution in [2.75, 3.05) is 0 Å². The van der Waals surface area contributed by atoms with Gasteiger partial charge in [0, 0.05) is 5.57 Å². The predicted octanol–water partition coefficient (Wildman–Crippen LogP) is 3.54. The first kappa shape index (κ1) is 13.7. The van der Waals surface area contributed by atoms with Crippen molar-refractivity contribution in [1.29, 1.82) is 0 Å². The Kier molecular flexibility index (Phi) is 5.08. The first-order chi connectivity index (χ1) is 6.88. The topological polar surface area (TPSA) is 17.1 Å². The van der Waals surface area contributed by atoms with Crippen LogP contribution in [0.5, 0.6) is 0 Å². The molecule has 0 radical (unpaired) electrons. The molecule has 0 heterocycles. The quantitative estimate of drug-likeness (QED) is 0.415. The van der Waals surface area contributed by atoms with Crippen molar-refractivity contribution in [3.05, 3.63) is 47.6 Å². The number of halogens is 4. The maximum atomic E-state index is 12.2. The highest BCUT2D eigenvalue weighted by atomic mass is 35.5. The molecule has 0 N–H and O–H groups in total. The molecule has 0 rings (SSSR count). The van der Waals surface area contributed by atoms with E-state index >= 15 is 0 Å². The highest BCUT2D eigenvalue weighted by Crippen LogP contribution is 2.33. The highest BCUT2D eigenvalue weighted by Gasteiger charge is 2.35. The van der Waals surface area contributed by atoms with E-state index in [2.05, 4.69) is 13.2 Å². The summed E-state index contributed by atoms with van der Waals surface area (Å²) < 4.78 is 36.6. The van der Waals surface area contributed by atoms with E-state index in [-0.39, 0.29) is 11.9 Å². The summed E-state index contributed by atoms with van der Waals surface area (Å²) in [7, 11) is 0. The van der Waals surface area contributed by atoms with Crippen molar-refractivity contribution >= 4 is 17.9 Å². The van der Waals surface area contributed by atoms with Crippen LogP contribution >= 0.6 is 11.6 Å². The normalized spacial score (nSPS) is 14.3. The Balaban J connectivity index is 5.59. The molecule has 0 amide bonds. The van der Waals surface area contributed by atoms with Gasteiger partial charge in [-0.25, -0.2) is 0 Å². The van der Waals surface area contributed by atoms with Crippen molar-refractivity contribution in [3.8, 4) is 0 Å². The van der Waals surface area contributed by atoms with E-state index < -0.39 is 16.8 Å². The van der Waals surface area contributed by atoms with Crippen LogP contribution in [0.4, 0.5) is 13.2 Å². The minimum atomic E-state index is -4.75. The fourth-order valence-electron chi connectivity index (χ4n) is 0.794. The standard InChI is InChI=1S/C10H8ClF3O/c1-3-5-7(4-2)8(6-15)9(11)10(12,13)14/h3-6H,1-2H2/b7-5+,9-8+. The van der Waals surface area contributed by atoms with E-state index in [0.29, 0.717) is 0 Å². The van der Waals surface area contributed by atoms with Gasteiger partial charge in [-0.15, -0.1) is 0 Å². The molecule has 82 valence electrons. The number of allylic oxidation sites excluding steroid dienone is 6. The second-order valence-corrected chi connectivity index (χ2v) is 2.78. The van der Waals surface area contributed by atoms with Gasteiger partial charge in [0.15, 0.2) is 6.29 Å². The summed E-state index contributed by atoms with van der Waals surface area (Å²) in [6.45, 7) is 6.58. The fraction of sp³-hybridized carbons (Fsp3) is 0.100. The molecule has 0 bridgehead atoms. The number of hydrogen-bond acceptors (Lipinski definition) is 1. The Hall–Kier alpha value is -1.29. The summed E-state index contributed by atoms with van der Waals surface area (Å²) in [5.41, 5.74) is -0.679. The maximum absolute atomic E-state index is 12.2. The summed E-state index contributed by atoms with van der Waals surface area (Å²) in [6, 6.07) is 0. The molecule has 0 aliphatic heterocycles. The highest BCUT2D eigenvalue weighted by molar-refractivity contribution is 6.32. The zero-order chi connectivity index (χ0) is 12.1. The van der Waals surface area contributed by atoms with Crippen molar-refractivity contribution < 1.29 is 18.0 Å². The van der Waals surface area contributed by atoms with Crippen LogP contribution in [0.25, 0.3) is 0 Å². The third-order valence-electron chi connectivity index (χ3n) is 1.43. The van der Waals surface area contributed by atoms with Crippen LogP contribution in [0.3, 0.4) is 0 Å². The molecule has 15 heavy (non-hydrogen) atoms. The van der Waals surface area contributed by atoms with Gasteiger partial charge in [-0.2, -0.15) is 13.2 Å². The number of hydrogen-bond donors (Lipinski definition) is 0. The summed E-state index contributed by atoms with van der Waals surface area (Å²) in [4.78, 5) is 10.5. The molecule has 0 aromatic rings. The molecule has 0 unspecified atom stereocenters. The second-order valence-electron chi connectivity index (χ2n) is 2.41. The van der Waals surface area contributed by atoms with Gasteiger partial charge < -0.3 is 0 Å². The average molecular weight is 237 g/mol. The molecule has 1 nitrogen and oxygen atoms in total. The zero-order valence-electron chi connectivity index (χ0n) is 7.64. The largest absolute Gasteiger partial charge is 0.427 e. The Labute approximate surface area is 90.2 Å². The lowest BCUT2D eigenvalue weighted by Gasteiger charge is -2.08. The lowest BCUT2D eigenvalue weighted by atomic mass is 10.1. The van der Waals surface area contributed by atoms with Crippen LogP contribution in [0, 0.1) is 0 Å². The van der Waals surface area contributed by atoms with E-state index in [0.717, 1.165) is 6.08 Å². The third-order valence-corrected chi connectivity index (χ3v) is 1.85. The first-order valence-corrected chi connectivity index (χ1v) is 4.14. The van der Waals surface area contributed by atoms with Gasteiger partial charge in [0.1, 0.15) is 5.03 Å². The Bertz CT molecular complexity index is 337. The molecule has 0 aromatic heterocycles. The number of carbonyl (C=O) groups excluding carboxylic acids is 1. The molecule has 0 fully saturated rings. The van der Waals surface area contributed by atoms with Crippen LogP contribution in [0.15, 0.2) is 47.6 Å². The Morgan fingerprint density at radius 2 is 1.80 bits per heavy atom. The minimum absolute atomic E-state index is 0.0256. The van der Waals surface area contributed by atoms with Gasteiger partial charge in [0.25, 0.3) is 0 Å². The van der Waals surface area contributed by atoms with Crippen molar-refractivity contribution in [2.45, 2.75) is 6.18 Å². The van der Waals surface area contributed by atoms with E-state index in [1.54, 1.807) is 0 Å². The van der Waals surface area contributed by atoms with Crippen molar-refractivity contribution in [1.82, 2.24) is 0 Å². The van der Waals surface area contributed by atoms with Gasteiger partial charge in [0.05, 0.1) is 0 Å². The van der Waals surface area contributed by atoms with Crippen LogP contribution in [0.2, 0.25) is 0 Å². The van der Waals surface area contributed by atoms with Crippen LogP contribution in [-0.4, -0.2) is 12.5 Å². The summed E-state index contributed by atoms with van der Waals surface area (Å²) in [5.74, 6) is 0. The van der Waals surface area contributed by atoms with Crippen molar-refractivity contribution in [2.24, 2.45) is 0 Å². The Morgan fingerprint density at radius 3 is 2.07 bits per heavy atom. The maximum Gasteiger partial charge on any atom is 0.427 e. The van der Waals surface area contributed by atoms with E-state index in [1.807, 2.05) is 0 Å².